The van der Waals surface area contributed by atoms with Crippen LogP contribution in [0.2, 0.25) is 0 Å². The van der Waals surface area contributed by atoms with E-state index in [0.717, 1.165) is 11.8 Å². The van der Waals surface area contributed by atoms with Crippen LogP contribution in [-0.4, -0.2) is 12.9 Å². The first-order valence-electron chi connectivity index (χ1n) is 4.30. The van der Waals surface area contributed by atoms with Crippen LogP contribution < -0.4 is 4.74 Å². The smallest absolute Gasteiger partial charge is 0.387 e. The summed E-state index contributed by atoms with van der Waals surface area (Å²) in [6, 6.07) is 6.06. The zero-order chi connectivity index (χ0) is 11.3. The summed E-state index contributed by atoms with van der Waals surface area (Å²) in [5.41, 5.74) is 1.33. The summed E-state index contributed by atoms with van der Waals surface area (Å²) in [5, 5.41) is 0. The predicted molar refractivity (Wildman–Crippen MR) is 52.8 cm³/mol. The van der Waals surface area contributed by atoms with E-state index in [4.69, 9.17) is 0 Å². The van der Waals surface area contributed by atoms with Gasteiger partial charge in [0.1, 0.15) is 12.0 Å². The Balaban J connectivity index is 2.76. The highest BCUT2D eigenvalue weighted by atomic mass is 19.3. The molecule has 0 heterocycles. The number of hydrogen-bond acceptors (Lipinski definition) is 2. The molecule has 0 saturated carbocycles. The van der Waals surface area contributed by atoms with Crippen molar-refractivity contribution >= 4 is 12.4 Å². The van der Waals surface area contributed by atoms with Gasteiger partial charge in [-0.1, -0.05) is 12.1 Å². The van der Waals surface area contributed by atoms with Crippen molar-refractivity contribution in [3.05, 3.63) is 35.4 Å². The van der Waals surface area contributed by atoms with Crippen molar-refractivity contribution in [2.24, 2.45) is 0 Å². The van der Waals surface area contributed by atoms with E-state index >= 15 is 0 Å². The average molecular weight is 212 g/mol. The molecule has 0 N–H and O–H groups in total. The van der Waals surface area contributed by atoms with Gasteiger partial charge in [0.15, 0.2) is 0 Å². The standard InChI is InChI=1S/C11H10F2O2/c1-8(7-14)6-9-2-4-10(5-3-9)15-11(12)13/h2-7,11H,1H3. The van der Waals surface area contributed by atoms with Gasteiger partial charge in [-0.3, -0.25) is 4.79 Å². The Labute approximate surface area is 86.2 Å². The lowest BCUT2D eigenvalue weighted by Gasteiger charge is -2.03. The lowest BCUT2D eigenvalue weighted by molar-refractivity contribution is -0.104. The maximum Gasteiger partial charge on any atom is 0.387 e. The van der Waals surface area contributed by atoms with E-state index in [1.807, 2.05) is 0 Å². The molecule has 0 aliphatic carbocycles. The average Bonchev–Trinajstić information content (AvgIpc) is 2.20. The second-order valence-corrected chi connectivity index (χ2v) is 2.95. The minimum absolute atomic E-state index is 0.103. The van der Waals surface area contributed by atoms with E-state index in [-0.39, 0.29) is 5.75 Å². The highest BCUT2D eigenvalue weighted by Crippen LogP contribution is 2.16. The van der Waals surface area contributed by atoms with Crippen molar-refractivity contribution < 1.29 is 18.3 Å². The molecule has 0 unspecified atom stereocenters. The number of allylic oxidation sites excluding steroid dienone is 1. The number of rotatable bonds is 4. The fourth-order valence-corrected chi connectivity index (χ4v) is 1.04. The molecule has 0 bridgehead atoms. The second kappa shape index (κ2) is 5.24. The topological polar surface area (TPSA) is 26.3 Å². The summed E-state index contributed by atoms with van der Waals surface area (Å²) in [6.45, 7) is -1.15. The molecule has 0 atom stereocenters. The Morgan fingerprint density at radius 2 is 1.93 bits per heavy atom. The minimum atomic E-state index is -2.82. The number of aldehydes is 1. The first-order valence-corrected chi connectivity index (χ1v) is 4.30. The summed E-state index contributed by atoms with van der Waals surface area (Å²) in [5.74, 6) is 0.103. The normalized spacial score (nSPS) is 11.6. The Morgan fingerprint density at radius 3 is 2.40 bits per heavy atom. The lowest BCUT2D eigenvalue weighted by Crippen LogP contribution is -2.01. The lowest BCUT2D eigenvalue weighted by atomic mass is 10.1. The Hall–Kier alpha value is -1.71. The SMILES string of the molecule is CC(C=O)=Cc1ccc(OC(F)F)cc1. The van der Waals surface area contributed by atoms with Crippen molar-refractivity contribution in [1.29, 1.82) is 0 Å². The molecule has 1 aromatic rings. The van der Waals surface area contributed by atoms with E-state index in [2.05, 4.69) is 4.74 Å². The van der Waals surface area contributed by atoms with Gasteiger partial charge < -0.3 is 4.74 Å². The third-order valence-electron chi connectivity index (χ3n) is 1.69. The minimum Gasteiger partial charge on any atom is -0.435 e. The number of hydrogen-bond donors (Lipinski definition) is 0. The van der Waals surface area contributed by atoms with Crippen molar-refractivity contribution in [1.82, 2.24) is 0 Å². The van der Waals surface area contributed by atoms with Crippen LogP contribution in [-0.2, 0) is 4.79 Å². The molecule has 0 amide bonds. The van der Waals surface area contributed by atoms with E-state index in [9.17, 15) is 13.6 Å². The molecule has 0 aromatic heterocycles. The molecule has 0 aliphatic heterocycles. The molecular formula is C11H10F2O2. The fraction of sp³-hybridized carbons (Fsp3) is 0.182. The Kier molecular flexibility index (Phi) is 3.97. The zero-order valence-electron chi connectivity index (χ0n) is 8.11. The van der Waals surface area contributed by atoms with E-state index in [1.54, 1.807) is 25.1 Å². The molecular weight excluding hydrogens is 202 g/mol. The Bertz CT molecular complexity index is 355. The van der Waals surface area contributed by atoms with Crippen molar-refractivity contribution in [2.45, 2.75) is 13.5 Å². The summed E-state index contributed by atoms with van der Waals surface area (Å²) in [4.78, 5) is 10.3. The van der Waals surface area contributed by atoms with Crippen LogP contribution in [0.15, 0.2) is 29.8 Å². The predicted octanol–water partition coefficient (Wildman–Crippen LogP) is 2.89. The van der Waals surface area contributed by atoms with Crippen LogP contribution in [0.5, 0.6) is 5.75 Å². The van der Waals surface area contributed by atoms with Crippen LogP contribution >= 0.6 is 0 Å². The number of alkyl halides is 2. The van der Waals surface area contributed by atoms with Crippen molar-refractivity contribution in [3.63, 3.8) is 0 Å². The van der Waals surface area contributed by atoms with Gasteiger partial charge in [-0.05, 0) is 36.3 Å². The third-order valence-corrected chi connectivity index (χ3v) is 1.69. The quantitative estimate of drug-likeness (QED) is 0.566. The van der Waals surface area contributed by atoms with Crippen molar-refractivity contribution in [3.8, 4) is 5.75 Å². The molecule has 1 rings (SSSR count). The molecule has 0 fully saturated rings. The van der Waals surface area contributed by atoms with Gasteiger partial charge in [0.05, 0.1) is 0 Å². The zero-order valence-corrected chi connectivity index (χ0v) is 8.11. The molecule has 0 radical (unpaired) electrons. The van der Waals surface area contributed by atoms with Gasteiger partial charge in [-0.2, -0.15) is 8.78 Å². The highest BCUT2D eigenvalue weighted by Gasteiger charge is 2.02. The number of halogens is 2. The molecule has 4 heteroatoms. The van der Waals surface area contributed by atoms with Gasteiger partial charge in [0.2, 0.25) is 0 Å². The number of carbonyl (C=O) groups is 1. The van der Waals surface area contributed by atoms with Gasteiger partial charge in [-0.25, -0.2) is 0 Å². The molecule has 0 spiro atoms. The summed E-state index contributed by atoms with van der Waals surface area (Å²) in [7, 11) is 0. The fourth-order valence-electron chi connectivity index (χ4n) is 1.04. The van der Waals surface area contributed by atoms with E-state index in [0.29, 0.717) is 5.57 Å². The first kappa shape index (κ1) is 11.4. The Morgan fingerprint density at radius 1 is 1.33 bits per heavy atom. The van der Waals surface area contributed by atoms with Gasteiger partial charge in [0, 0.05) is 0 Å². The number of carbonyl (C=O) groups excluding carboxylic acids is 1. The van der Waals surface area contributed by atoms with Crippen LogP contribution in [0.3, 0.4) is 0 Å². The molecule has 80 valence electrons. The van der Waals surface area contributed by atoms with Gasteiger partial charge >= 0.3 is 6.61 Å². The van der Waals surface area contributed by atoms with Gasteiger partial charge in [0.25, 0.3) is 0 Å². The summed E-state index contributed by atoms with van der Waals surface area (Å²) in [6.07, 6.45) is 2.38. The van der Waals surface area contributed by atoms with E-state index in [1.165, 1.54) is 12.1 Å². The third kappa shape index (κ3) is 3.89. The second-order valence-electron chi connectivity index (χ2n) is 2.95. The monoisotopic (exact) mass is 212 g/mol. The largest absolute Gasteiger partial charge is 0.435 e. The number of ether oxygens (including phenoxy) is 1. The van der Waals surface area contributed by atoms with Crippen LogP contribution in [0.4, 0.5) is 8.78 Å². The van der Waals surface area contributed by atoms with Gasteiger partial charge in [-0.15, -0.1) is 0 Å². The van der Waals surface area contributed by atoms with Crippen molar-refractivity contribution in [2.75, 3.05) is 0 Å². The van der Waals surface area contributed by atoms with Crippen LogP contribution in [0.25, 0.3) is 6.08 Å². The highest BCUT2D eigenvalue weighted by molar-refractivity contribution is 5.80. The molecule has 1 aromatic carbocycles. The molecule has 2 nitrogen and oxygen atoms in total. The van der Waals surface area contributed by atoms with Crippen LogP contribution in [0.1, 0.15) is 12.5 Å². The number of benzene rings is 1. The first-order chi connectivity index (χ1) is 7.11. The van der Waals surface area contributed by atoms with Crippen LogP contribution in [0, 0.1) is 0 Å². The molecule has 0 saturated heterocycles. The molecule has 15 heavy (non-hydrogen) atoms. The maximum absolute atomic E-state index is 11.8. The summed E-state index contributed by atoms with van der Waals surface area (Å²) >= 11 is 0. The summed E-state index contributed by atoms with van der Waals surface area (Å²) < 4.78 is 27.8. The van der Waals surface area contributed by atoms with E-state index < -0.39 is 6.61 Å². The molecule has 0 aliphatic rings. The maximum atomic E-state index is 11.8.